The summed E-state index contributed by atoms with van der Waals surface area (Å²) in [4.78, 5) is 0. The topological polar surface area (TPSA) is 29.5 Å². The second-order valence-corrected chi connectivity index (χ2v) is 4.99. The van der Waals surface area contributed by atoms with Gasteiger partial charge in [-0.05, 0) is 43.9 Å². The fraction of sp³-hybridized carbons (Fsp3) is 0.538. The first-order valence-corrected chi connectivity index (χ1v) is 6.28. The van der Waals surface area contributed by atoms with Crippen molar-refractivity contribution in [3.05, 3.63) is 29.0 Å². The van der Waals surface area contributed by atoms with Gasteiger partial charge >= 0.3 is 0 Å². The van der Waals surface area contributed by atoms with Crippen molar-refractivity contribution in [3.63, 3.8) is 0 Å². The van der Waals surface area contributed by atoms with Crippen LogP contribution in [0.5, 0.6) is 5.75 Å². The summed E-state index contributed by atoms with van der Waals surface area (Å²) < 4.78 is 18.7. The maximum Gasteiger partial charge on any atom is 0.139 e. The third-order valence-corrected chi connectivity index (χ3v) is 3.57. The molecule has 0 spiro atoms. The molecule has 0 unspecified atom stereocenters. The van der Waals surface area contributed by atoms with Crippen molar-refractivity contribution in [3.8, 4) is 5.75 Å². The summed E-state index contributed by atoms with van der Waals surface area (Å²) in [5.41, 5.74) is -0.542. The molecule has 2 rings (SSSR count). The molecule has 1 saturated carbocycles. The summed E-state index contributed by atoms with van der Waals surface area (Å²) in [7, 11) is 0. The molecule has 0 aromatic heterocycles. The molecule has 17 heavy (non-hydrogen) atoms. The van der Waals surface area contributed by atoms with Crippen LogP contribution in [0.25, 0.3) is 0 Å². The van der Waals surface area contributed by atoms with Crippen molar-refractivity contribution in [2.24, 2.45) is 0 Å². The molecule has 0 heterocycles. The van der Waals surface area contributed by atoms with Crippen LogP contribution >= 0.6 is 11.6 Å². The molecule has 4 heteroatoms. The predicted molar refractivity (Wildman–Crippen MR) is 64.9 cm³/mol. The third-order valence-electron chi connectivity index (χ3n) is 3.27. The molecular weight excluding hydrogens is 243 g/mol. The molecule has 1 N–H and O–H groups in total. The van der Waals surface area contributed by atoms with Crippen LogP contribution in [0, 0.1) is 5.82 Å². The van der Waals surface area contributed by atoms with Crippen molar-refractivity contribution in [2.75, 3.05) is 6.61 Å². The van der Waals surface area contributed by atoms with E-state index in [0.29, 0.717) is 5.75 Å². The minimum atomic E-state index is -0.542. The summed E-state index contributed by atoms with van der Waals surface area (Å²) in [6.07, 6.45) is 4.88. The molecule has 1 fully saturated rings. The van der Waals surface area contributed by atoms with Gasteiger partial charge in [0.25, 0.3) is 0 Å². The van der Waals surface area contributed by atoms with Crippen molar-refractivity contribution in [1.82, 2.24) is 0 Å². The highest BCUT2D eigenvalue weighted by Gasteiger charge is 2.34. The van der Waals surface area contributed by atoms with Crippen molar-refractivity contribution < 1.29 is 14.2 Å². The van der Waals surface area contributed by atoms with E-state index in [4.69, 9.17) is 16.3 Å². The second-order valence-electron chi connectivity index (χ2n) is 4.58. The SMILES string of the molecule is OCC1(Oc2ccc(F)cc2Cl)CCCCC1. The summed E-state index contributed by atoms with van der Waals surface area (Å²) >= 11 is 5.92. The molecule has 1 aromatic rings. The maximum absolute atomic E-state index is 12.9. The Kier molecular flexibility index (Phi) is 3.89. The van der Waals surface area contributed by atoms with Gasteiger partial charge in [-0.25, -0.2) is 4.39 Å². The average Bonchev–Trinajstić information content (AvgIpc) is 2.34. The fourth-order valence-electron chi connectivity index (χ4n) is 2.28. The van der Waals surface area contributed by atoms with E-state index in [2.05, 4.69) is 0 Å². The Labute approximate surface area is 105 Å². The van der Waals surface area contributed by atoms with Gasteiger partial charge in [-0.15, -0.1) is 0 Å². The van der Waals surface area contributed by atoms with E-state index in [9.17, 15) is 9.50 Å². The quantitative estimate of drug-likeness (QED) is 0.898. The number of benzene rings is 1. The second kappa shape index (κ2) is 5.23. The van der Waals surface area contributed by atoms with Gasteiger partial charge in [0.2, 0.25) is 0 Å². The van der Waals surface area contributed by atoms with Crippen LogP contribution in [0.1, 0.15) is 32.1 Å². The Morgan fingerprint density at radius 3 is 2.59 bits per heavy atom. The van der Waals surface area contributed by atoms with E-state index in [0.717, 1.165) is 25.7 Å². The Morgan fingerprint density at radius 1 is 1.29 bits per heavy atom. The molecule has 1 aromatic carbocycles. The van der Waals surface area contributed by atoms with E-state index < -0.39 is 5.60 Å². The Morgan fingerprint density at radius 2 is 2.00 bits per heavy atom. The minimum absolute atomic E-state index is 0.0271. The number of hydrogen-bond acceptors (Lipinski definition) is 2. The number of hydrogen-bond donors (Lipinski definition) is 1. The summed E-state index contributed by atoms with van der Waals surface area (Å²) in [6.45, 7) is -0.0271. The highest BCUT2D eigenvalue weighted by atomic mass is 35.5. The van der Waals surface area contributed by atoms with E-state index >= 15 is 0 Å². The average molecular weight is 259 g/mol. The molecule has 0 aliphatic heterocycles. The number of rotatable bonds is 3. The molecule has 0 atom stereocenters. The van der Waals surface area contributed by atoms with E-state index in [-0.39, 0.29) is 17.4 Å². The van der Waals surface area contributed by atoms with Crippen LogP contribution in [-0.4, -0.2) is 17.3 Å². The standard InChI is InChI=1S/C13H16ClFO2/c14-11-8-10(15)4-5-12(11)17-13(9-16)6-2-1-3-7-13/h4-5,8,16H,1-3,6-7,9H2. The Hall–Kier alpha value is -0.800. The molecule has 1 aliphatic rings. The van der Waals surface area contributed by atoms with Crippen LogP contribution in [0.15, 0.2) is 18.2 Å². The van der Waals surface area contributed by atoms with E-state index in [1.54, 1.807) is 0 Å². The van der Waals surface area contributed by atoms with E-state index in [1.807, 2.05) is 0 Å². The first-order chi connectivity index (χ1) is 8.15. The zero-order chi connectivity index (χ0) is 12.3. The van der Waals surface area contributed by atoms with Gasteiger partial charge in [0.1, 0.15) is 17.2 Å². The predicted octanol–water partition coefficient (Wildman–Crippen LogP) is 3.55. The molecule has 2 nitrogen and oxygen atoms in total. The third kappa shape index (κ3) is 2.90. The summed E-state index contributed by atoms with van der Waals surface area (Å²) in [5.74, 6) is 0.0630. The lowest BCUT2D eigenvalue weighted by Gasteiger charge is -2.36. The van der Waals surface area contributed by atoms with Crippen LogP contribution in [0.4, 0.5) is 4.39 Å². The lowest BCUT2D eigenvalue weighted by molar-refractivity contribution is -0.0197. The normalized spacial score (nSPS) is 19.0. The molecule has 1 aliphatic carbocycles. The molecular formula is C13H16ClFO2. The van der Waals surface area contributed by atoms with Gasteiger partial charge in [0.05, 0.1) is 11.6 Å². The van der Waals surface area contributed by atoms with Crippen molar-refractivity contribution >= 4 is 11.6 Å². The van der Waals surface area contributed by atoms with Crippen molar-refractivity contribution in [1.29, 1.82) is 0 Å². The highest BCUT2D eigenvalue weighted by molar-refractivity contribution is 6.32. The largest absolute Gasteiger partial charge is 0.483 e. The van der Waals surface area contributed by atoms with Crippen LogP contribution in [0.2, 0.25) is 5.02 Å². The molecule has 0 radical (unpaired) electrons. The van der Waals surface area contributed by atoms with Gasteiger partial charge in [-0.1, -0.05) is 18.0 Å². The van der Waals surface area contributed by atoms with Gasteiger partial charge in [-0.2, -0.15) is 0 Å². The van der Waals surface area contributed by atoms with Gasteiger partial charge in [0, 0.05) is 0 Å². The minimum Gasteiger partial charge on any atom is -0.483 e. The lowest BCUT2D eigenvalue weighted by Crippen LogP contribution is -2.42. The molecule has 0 bridgehead atoms. The van der Waals surface area contributed by atoms with E-state index in [1.165, 1.54) is 24.6 Å². The zero-order valence-electron chi connectivity index (χ0n) is 9.59. The highest BCUT2D eigenvalue weighted by Crippen LogP contribution is 2.35. The lowest BCUT2D eigenvalue weighted by atomic mass is 9.85. The van der Waals surface area contributed by atoms with Crippen molar-refractivity contribution in [2.45, 2.75) is 37.7 Å². The number of aliphatic hydroxyl groups excluding tert-OH is 1. The Balaban J connectivity index is 2.17. The first-order valence-electron chi connectivity index (χ1n) is 5.90. The van der Waals surface area contributed by atoms with Gasteiger partial charge in [-0.3, -0.25) is 0 Å². The zero-order valence-corrected chi connectivity index (χ0v) is 10.3. The van der Waals surface area contributed by atoms with Gasteiger partial charge < -0.3 is 9.84 Å². The summed E-state index contributed by atoms with van der Waals surface area (Å²) in [5, 5.41) is 9.76. The maximum atomic E-state index is 12.9. The number of ether oxygens (including phenoxy) is 1. The fourth-order valence-corrected chi connectivity index (χ4v) is 2.49. The number of halogens is 2. The first kappa shape index (κ1) is 12.7. The molecule has 94 valence electrons. The van der Waals surface area contributed by atoms with Crippen LogP contribution in [-0.2, 0) is 0 Å². The van der Waals surface area contributed by atoms with Crippen LogP contribution < -0.4 is 4.74 Å². The molecule has 0 saturated heterocycles. The Bertz CT molecular complexity index is 389. The monoisotopic (exact) mass is 258 g/mol. The smallest absolute Gasteiger partial charge is 0.139 e. The summed E-state index contributed by atoms with van der Waals surface area (Å²) in [6, 6.07) is 4.06. The number of aliphatic hydroxyl groups is 1. The molecule has 0 amide bonds. The van der Waals surface area contributed by atoms with Gasteiger partial charge in [0.15, 0.2) is 0 Å². The van der Waals surface area contributed by atoms with Crippen LogP contribution in [0.3, 0.4) is 0 Å².